The summed E-state index contributed by atoms with van der Waals surface area (Å²) < 4.78 is 0. The molecular formula is C16H16N6O2. The molecule has 24 heavy (non-hydrogen) atoms. The second kappa shape index (κ2) is 5.73. The molecule has 122 valence electrons. The molecule has 0 aliphatic rings. The third-order valence-corrected chi connectivity index (χ3v) is 4.00. The van der Waals surface area contributed by atoms with Crippen LogP contribution in [0.5, 0.6) is 0 Å². The molecule has 3 aromatic rings. The Morgan fingerprint density at radius 2 is 1.75 bits per heavy atom. The summed E-state index contributed by atoms with van der Waals surface area (Å²) in [5.74, 6) is 0.391. The van der Waals surface area contributed by atoms with Gasteiger partial charge in [-0.25, -0.2) is 4.98 Å². The SMILES string of the molecule is Cc1nc2nc(N)nc(N)c2c(C)c1Cc1ccc([N+](=O)[O-])cc1. The van der Waals surface area contributed by atoms with Crippen molar-refractivity contribution in [3.05, 3.63) is 56.8 Å². The molecule has 0 bridgehead atoms. The third-order valence-electron chi connectivity index (χ3n) is 4.00. The van der Waals surface area contributed by atoms with E-state index < -0.39 is 4.92 Å². The molecule has 0 saturated heterocycles. The summed E-state index contributed by atoms with van der Waals surface area (Å²) in [5, 5.41) is 11.4. The lowest BCUT2D eigenvalue weighted by atomic mass is 9.97. The number of anilines is 2. The van der Waals surface area contributed by atoms with E-state index in [1.165, 1.54) is 12.1 Å². The number of nitro groups is 1. The van der Waals surface area contributed by atoms with Crippen LogP contribution in [0.2, 0.25) is 0 Å². The molecule has 3 rings (SSSR count). The van der Waals surface area contributed by atoms with Crippen LogP contribution in [0, 0.1) is 24.0 Å². The van der Waals surface area contributed by atoms with E-state index in [0.29, 0.717) is 23.3 Å². The highest BCUT2D eigenvalue weighted by molar-refractivity contribution is 5.90. The zero-order valence-electron chi connectivity index (χ0n) is 13.3. The molecule has 8 nitrogen and oxygen atoms in total. The molecule has 0 saturated carbocycles. The van der Waals surface area contributed by atoms with Crippen LogP contribution in [0.1, 0.15) is 22.4 Å². The van der Waals surface area contributed by atoms with Gasteiger partial charge in [0.15, 0.2) is 5.65 Å². The van der Waals surface area contributed by atoms with Crippen molar-refractivity contribution in [1.82, 2.24) is 15.0 Å². The zero-order valence-corrected chi connectivity index (χ0v) is 13.3. The van der Waals surface area contributed by atoms with Gasteiger partial charge in [-0.1, -0.05) is 12.1 Å². The Balaban J connectivity index is 2.07. The number of non-ortho nitro benzene ring substituents is 1. The molecule has 4 N–H and O–H groups in total. The molecule has 0 aliphatic heterocycles. The predicted octanol–water partition coefficient (Wildman–Crippen LogP) is 2.31. The number of aromatic nitrogens is 3. The van der Waals surface area contributed by atoms with Crippen LogP contribution in [0.15, 0.2) is 24.3 Å². The van der Waals surface area contributed by atoms with Gasteiger partial charge in [0.05, 0.1) is 10.3 Å². The number of nitrogens with two attached hydrogens (primary N) is 2. The smallest absolute Gasteiger partial charge is 0.269 e. The number of fused-ring (bicyclic) bond motifs is 1. The summed E-state index contributed by atoms with van der Waals surface area (Å²) in [6.45, 7) is 3.83. The maximum Gasteiger partial charge on any atom is 0.269 e. The van der Waals surface area contributed by atoms with E-state index in [9.17, 15) is 10.1 Å². The summed E-state index contributed by atoms with van der Waals surface area (Å²) >= 11 is 0. The fraction of sp³-hybridized carbons (Fsp3) is 0.188. The van der Waals surface area contributed by atoms with Gasteiger partial charge in [0.25, 0.3) is 5.69 Å². The van der Waals surface area contributed by atoms with Crippen molar-refractivity contribution in [1.29, 1.82) is 0 Å². The highest BCUT2D eigenvalue weighted by Crippen LogP contribution is 2.28. The van der Waals surface area contributed by atoms with Crippen molar-refractivity contribution in [2.45, 2.75) is 20.3 Å². The first-order valence-corrected chi connectivity index (χ1v) is 7.29. The molecular weight excluding hydrogens is 308 g/mol. The average Bonchev–Trinajstić information content (AvgIpc) is 2.50. The van der Waals surface area contributed by atoms with E-state index in [4.69, 9.17) is 11.5 Å². The first-order valence-electron chi connectivity index (χ1n) is 7.29. The van der Waals surface area contributed by atoms with Gasteiger partial charge in [-0.05, 0) is 37.0 Å². The summed E-state index contributed by atoms with van der Waals surface area (Å²) in [6.07, 6.45) is 0.586. The summed E-state index contributed by atoms with van der Waals surface area (Å²) in [4.78, 5) is 23.0. The van der Waals surface area contributed by atoms with E-state index >= 15 is 0 Å². The number of benzene rings is 1. The Morgan fingerprint density at radius 1 is 1.08 bits per heavy atom. The van der Waals surface area contributed by atoms with Crippen LogP contribution in [0.25, 0.3) is 11.0 Å². The highest BCUT2D eigenvalue weighted by atomic mass is 16.6. The minimum atomic E-state index is -0.416. The molecule has 1 aromatic carbocycles. The van der Waals surface area contributed by atoms with Gasteiger partial charge in [-0.3, -0.25) is 10.1 Å². The fourth-order valence-electron chi connectivity index (χ4n) is 2.77. The van der Waals surface area contributed by atoms with Gasteiger partial charge in [0, 0.05) is 17.8 Å². The molecule has 0 atom stereocenters. The van der Waals surface area contributed by atoms with Gasteiger partial charge in [0.2, 0.25) is 5.95 Å². The van der Waals surface area contributed by atoms with E-state index in [0.717, 1.165) is 22.4 Å². The number of pyridine rings is 1. The second-order valence-electron chi connectivity index (χ2n) is 5.57. The average molecular weight is 324 g/mol. The summed E-state index contributed by atoms with van der Waals surface area (Å²) in [5.41, 5.74) is 15.8. The fourth-order valence-corrected chi connectivity index (χ4v) is 2.77. The maximum absolute atomic E-state index is 10.7. The van der Waals surface area contributed by atoms with Gasteiger partial charge in [0.1, 0.15) is 5.82 Å². The van der Waals surface area contributed by atoms with E-state index in [-0.39, 0.29) is 11.6 Å². The highest BCUT2D eigenvalue weighted by Gasteiger charge is 2.15. The Labute approximate surface area is 137 Å². The van der Waals surface area contributed by atoms with Crippen LogP contribution < -0.4 is 11.5 Å². The lowest BCUT2D eigenvalue weighted by Crippen LogP contribution is -2.07. The van der Waals surface area contributed by atoms with E-state index in [1.54, 1.807) is 12.1 Å². The maximum atomic E-state index is 10.7. The Hall–Kier alpha value is -3.29. The molecule has 0 aliphatic carbocycles. The Kier molecular flexibility index (Phi) is 3.72. The first-order chi connectivity index (χ1) is 11.4. The monoisotopic (exact) mass is 324 g/mol. The normalized spacial score (nSPS) is 10.9. The molecule has 0 amide bonds. The molecule has 8 heteroatoms. The number of hydrogen-bond donors (Lipinski definition) is 2. The molecule has 2 heterocycles. The topological polar surface area (TPSA) is 134 Å². The molecule has 0 spiro atoms. The quantitative estimate of drug-likeness (QED) is 0.557. The number of nitro benzene ring substituents is 1. The van der Waals surface area contributed by atoms with Crippen LogP contribution in [0.4, 0.5) is 17.5 Å². The number of aryl methyl sites for hydroxylation is 2. The van der Waals surface area contributed by atoms with Crippen molar-refractivity contribution in [2.75, 3.05) is 11.5 Å². The van der Waals surface area contributed by atoms with Crippen molar-refractivity contribution < 1.29 is 4.92 Å². The third kappa shape index (κ3) is 2.69. The van der Waals surface area contributed by atoms with E-state index in [1.807, 2.05) is 13.8 Å². The zero-order chi connectivity index (χ0) is 17.4. The van der Waals surface area contributed by atoms with Gasteiger partial charge in [-0.15, -0.1) is 0 Å². The number of rotatable bonds is 3. The van der Waals surface area contributed by atoms with Crippen LogP contribution in [0.3, 0.4) is 0 Å². The number of nitrogens with zero attached hydrogens (tertiary/aromatic N) is 4. The van der Waals surface area contributed by atoms with Gasteiger partial charge >= 0.3 is 0 Å². The van der Waals surface area contributed by atoms with Crippen LogP contribution in [-0.2, 0) is 6.42 Å². The van der Waals surface area contributed by atoms with E-state index in [2.05, 4.69) is 15.0 Å². The van der Waals surface area contributed by atoms with Crippen molar-refractivity contribution in [3.63, 3.8) is 0 Å². The minimum Gasteiger partial charge on any atom is -0.383 e. The lowest BCUT2D eigenvalue weighted by Gasteiger charge is -2.13. The molecule has 0 radical (unpaired) electrons. The van der Waals surface area contributed by atoms with Crippen LogP contribution in [-0.4, -0.2) is 19.9 Å². The van der Waals surface area contributed by atoms with Gasteiger partial charge in [-0.2, -0.15) is 9.97 Å². The van der Waals surface area contributed by atoms with Crippen LogP contribution >= 0.6 is 0 Å². The minimum absolute atomic E-state index is 0.0666. The first kappa shape index (κ1) is 15.6. The summed E-state index contributed by atoms with van der Waals surface area (Å²) in [6, 6.07) is 6.47. The number of hydrogen-bond acceptors (Lipinski definition) is 7. The molecule has 2 aromatic heterocycles. The van der Waals surface area contributed by atoms with Crippen molar-refractivity contribution in [2.24, 2.45) is 0 Å². The predicted molar refractivity (Wildman–Crippen MR) is 91.5 cm³/mol. The molecule has 0 unspecified atom stereocenters. The Bertz CT molecular complexity index is 953. The molecule has 0 fully saturated rings. The van der Waals surface area contributed by atoms with Crippen molar-refractivity contribution >= 4 is 28.5 Å². The number of nitrogen functional groups attached to an aromatic ring is 2. The van der Waals surface area contributed by atoms with Crippen molar-refractivity contribution in [3.8, 4) is 0 Å². The Morgan fingerprint density at radius 3 is 2.38 bits per heavy atom. The summed E-state index contributed by atoms with van der Waals surface area (Å²) in [7, 11) is 0. The second-order valence-corrected chi connectivity index (χ2v) is 5.57. The lowest BCUT2D eigenvalue weighted by molar-refractivity contribution is -0.384. The largest absolute Gasteiger partial charge is 0.383 e. The standard InChI is InChI=1S/C16H16N6O2/c1-8-12(7-10-3-5-11(6-4-10)22(23)24)9(2)19-15-13(8)14(17)20-16(18)21-15/h3-6H,7H2,1-2H3,(H4,17,18,19,20,21). The van der Waals surface area contributed by atoms with Gasteiger partial charge < -0.3 is 11.5 Å².